The number of rotatable bonds is 10. The van der Waals surface area contributed by atoms with Crippen molar-refractivity contribution in [3.63, 3.8) is 0 Å². The van der Waals surface area contributed by atoms with E-state index < -0.39 is 17.7 Å². The fourth-order valence-corrected chi connectivity index (χ4v) is 4.25. The van der Waals surface area contributed by atoms with E-state index >= 15 is 0 Å². The summed E-state index contributed by atoms with van der Waals surface area (Å²) in [4.78, 5) is 31.9. The predicted molar refractivity (Wildman–Crippen MR) is 131 cm³/mol. The molecule has 1 saturated heterocycles. The molecule has 1 N–H and O–H groups in total. The Labute approximate surface area is 204 Å². The number of hydrogen-bond donors (Lipinski definition) is 1. The molecule has 8 nitrogen and oxygen atoms in total. The molecule has 0 bridgehead atoms. The summed E-state index contributed by atoms with van der Waals surface area (Å²) in [5, 5.41) is 11.3. The lowest BCUT2D eigenvalue weighted by atomic mass is 9.94. The highest BCUT2D eigenvalue weighted by atomic mass is 16.5. The summed E-state index contributed by atoms with van der Waals surface area (Å²) in [6.07, 6.45) is 6.74. The van der Waals surface area contributed by atoms with Gasteiger partial charge in [-0.25, -0.2) is 4.98 Å². The molecule has 0 unspecified atom stereocenters. The van der Waals surface area contributed by atoms with Crippen molar-refractivity contribution in [2.24, 2.45) is 0 Å². The van der Waals surface area contributed by atoms with Crippen LogP contribution in [0.25, 0.3) is 5.76 Å². The van der Waals surface area contributed by atoms with Crippen molar-refractivity contribution in [3.05, 3.63) is 84.0 Å². The van der Waals surface area contributed by atoms with Crippen LogP contribution < -0.4 is 9.47 Å². The van der Waals surface area contributed by atoms with E-state index in [1.54, 1.807) is 50.0 Å². The zero-order valence-corrected chi connectivity index (χ0v) is 19.9. The van der Waals surface area contributed by atoms with Crippen LogP contribution in [-0.2, 0) is 16.1 Å². The van der Waals surface area contributed by atoms with Gasteiger partial charge in [-0.1, -0.05) is 25.1 Å². The van der Waals surface area contributed by atoms with Gasteiger partial charge >= 0.3 is 0 Å². The largest absolute Gasteiger partial charge is 0.507 e. The molecule has 2 heterocycles. The third-order valence-electron chi connectivity index (χ3n) is 5.95. The number of ether oxygens (including phenoxy) is 2. The fourth-order valence-electron chi connectivity index (χ4n) is 4.25. The van der Waals surface area contributed by atoms with E-state index in [4.69, 9.17) is 9.47 Å². The molecule has 1 aromatic heterocycles. The van der Waals surface area contributed by atoms with Gasteiger partial charge in [0, 0.05) is 36.6 Å². The van der Waals surface area contributed by atoms with Gasteiger partial charge in [-0.05, 0) is 43.2 Å². The second kappa shape index (κ2) is 10.9. The number of nitrogens with zero attached hydrogens (tertiary/aromatic N) is 3. The lowest BCUT2D eigenvalue weighted by Gasteiger charge is -2.26. The Hall–Kier alpha value is -4.07. The Morgan fingerprint density at radius 1 is 1.09 bits per heavy atom. The number of aliphatic hydroxyl groups is 1. The zero-order valence-electron chi connectivity index (χ0n) is 19.9. The number of methoxy groups -OCH3 is 1. The van der Waals surface area contributed by atoms with Gasteiger partial charge in [0.2, 0.25) is 0 Å². The third kappa shape index (κ3) is 5.06. The Morgan fingerprint density at radius 2 is 1.86 bits per heavy atom. The van der Waals surface area contributed by atoms with Crippen LogP contribution in [0.1, 0.15) is 36.9 Å². The second-order valence-corrected chi connectivity index (χ2v) is 8.26. The van der Waals surface area contributed by atoms with E-state index in [1.807, 2.05) is 35.9 Å². The summed E-state index contributed by atoms with van der Waals surface area (Å²) in [6.45, 7) is 3.57. The number of hydrogen-bond acceptors (Lipinski definition) is 6. The first-order valence-electron chi connectivity index (χ1n) is 11.7. The van der Waals surface area contributed by atoms with E-state index in [1.165, 1.54) is 4.90 Å². The Morgan fingerprint density at radius 3 is 2.54 bits per heavy atom. The molecule has 35 heavy (non-hydrogen) atoms. The monoisotopic (exact) mass is 475 g/mol. The van der Waals surface area contributed by atoms with Crippen molar-refractivity contribution in [1.29, 1.82) is 0 Å². The van der Waals surface area contributed by atoms with Crippen LogP contribution >= 0.6 is 0 Å². The molecule has 8 heteroatoms. The van der Waals surface area contributed by atoms with Crippen LogP contribution in [0.15, 0.2) is 72.8 Å². The molecule has 0 radical (unpaired) electrons. The van der Waals surface area contributed by atoms with Crippen molar-refractivity contribution in [2.75, 3.05) is 20.3 Å². The third-order valence-corrected chi connectivity index (χ3v) is 5.95. The molecule has 0 saturated carbocycles. The average Bonchev–Trinajstić information content (AvgIpc) is 3.49. The van der Waals surface area contributed by atoms with Crippen LogP contribution in [-0.4, -0.2) is 51.5 Å². The normalized spacial score (nSPS) is 17.1. The maximum absolute atomic E-state index is 13.2. The van der Waals surface area contributed by atoms with E-state index in [0.717, 1.165) is 6.42 Å². The van der Waals surface area contributed by atoms with Crippen molar-refractivity contribution < 1.29 is 24.2 Å². The molecule has 0 spiro atoms. The Kier molecular flexibility index (Phi) is 7.50. The number of carbonyl (C=O) groups is 2. The smallest absolute Gasteiger partial charge is 0.295 e. The first-order valence-corrected chi connectivity index (χ1v) is 11.7. The lowest BCUT2D eigenvalue weighted by Crippen LogP contribution is -2.31. The van der Waals surface area contributed by atoms with E-state index in [-0.39, 0.29) is 11.3 Å². The molecule has 1 aliphatic heterocycles. The second-order valence-electron chi connectivity index (χ2n) is 8.26. The molecule has 182 valence electrons. The standard InChI is InChI=1S/C27H29N3O5/c1-3-17-35-20-11-9-19(10-12-20)25(31)23-24(21-7-4-5-8-22(21)34-2)30(27(33)26(23)32)15-6-14-29-16-13-28-18-29/h4-5,7-13,16,18,24,31H,3,6,14-15,17H2,1-2H3/b25-23+/t24-/m1/s1. The molecular weight excluding hydrogens is 446 g/mol. The molecule has 0 aliphatic carbocycles. The highest BCUT2D eigenvalue weighted by molar-refractivity contribution is 6.46. The van der Waals surface area contributed by atoms with Gasteiger partial charge in [0.05, 0.1) is 31.7 Å². The van der Waals surface area contributed by atoms with Crippen molar-refractivity contribution in [3.8, 4) is 11.5 Å². The van der Waals surface area contributed by atoms with Crippen LogP contribution in [0.3, 0.4) is 0 Å². The number of aromatic nitrogens is 2. The highest BCUT2D eigenvalue weighted by Crippen LogP contribution is 2.42. The summed E-state index contributed by atoms with van der Waals surface area (Å²) in [7, 11) is 1.54. The number of likely N-dealkylation sites (tertiary alicyclic amines) is 1. The van der Waals surface area contributed by atoms with Gasteiger partial charge in [-0.2, -0.15) is 0 Å². The molecule has 1 aliphatic rings. The van der Waals surface area contributed by atoms with Crippen molar-refractivity contribution >= 4 is 17.4 Å². The maximum atomic E-state index is 13.2. The number of aliphatic hydroxyl groups excluding tert-OH is 1. The number of carbonyl (C=O) groups excluding carboxylic acids is 2. The number of para-hydroxylation sites is 1. The number of Topliss-reactive ketones (excluding diaryl/α,β-unsaturated/α-hetero) is 1. The minimum absolute atomic E-state index is 0.0457. The van der Waals surface area contributed by atoms with Crippen molar-refractivity contribution in [2.45, 2.75) is 32.4 Å². The minimum Gasteiger partial charge on any atom is -0.507 e. The van der Waals surface area contributed by atoms with E-state index in [9.17, 15) is 14.7 Å². The molecule has 1 amide bonds. The van der Waals surface area contributed by atoms with E-state index in [2.05, 4.69) is 4.98 Å². The van der Waals surface area contributed by atoms with Crippen LogP contribution in [0.2, 0.25) is 0 Å². The first kappa shape index (κ1) is 24.1. The molecular formula is C27H29N3O5. The first-order chi connectivity index (χ1) is 17.0. The highest BCUT2D eigenvalue weighted by Gasteiger charge is 2.46. The maximum Gasteiger partial charge on any atom is 0.295 e. The van der Waals surface area contributed by atoms with Gasteiger partial charge < -0.3 is 24.0 Å². The average molecular weight is 476 g/mol. The lowest BCUT2D eigenvalue weighted by molar-refractivity contribution is -0.140. The number of benzene rings is 2. The zero-order chi connectivity index (χ0) is 24.8. The topological polar surface area (TPSA) is 93.9 Å². The summed E-state index contributed by atoms with van der Waals surface area (Å²) in [5.41, 5.74) is 1.12. The summed E-state index contributed by atoms with van der Waals surface area (Å²) >= 11 is 0. The quantitative estimate of drug-likeness (QED) is 0.268. The van der Waals surface area contributed by atoms with Gasteiger partial charge in [0.25, 0.3) is 11.7 Å². The number of amides is 1. The molecule has 1 fully saturated rings. The van der Waals surface area contributed by atoms with Gasteiger partial charge in [-0.3, -0.25) is 9.59 Å². The Balaban J connectivity index is 1.72. The molecule has 4 rings (SSSR count). The van der Waals surface area contributed by atoms with Gasteiger partial charge in [0.1, 0.15) is 17.3 Å². The summed E-state index contributed by atoms with van der Waals surface area (Å²) in [6, 6.07) is 13.3. The van der Waals surface area contributed by atoms with Crippen LogP contribution in [0.4, 0.5) is 0 Å². The molecule has 1 atom stereocenters. The Bertz CT molecular complexity index is 1200. The van der Waals surface area contributed by atoms with Gasteiger partial charge in [0.15, 0.2) is 0 Å². The summed E-state index contributed by atoms with van der Waals surface area (Å²) < 4.78 is 13.1. The summed E-state index contributed by atoms with van der Waals surface area (Å²) in [5.74, 6) is -0.375. The molecule has 3 aromatic rings. The van der Waals surface area contributed by atoms with Crippen molar-refractivity contribution in [1.82, 2.24) is 14.5 Å². The minimum atomic E-state index is -0.773. The van der Waals surface area contributed by atoms with E-state index in [0.29, 0.717) is 48.7 Å². The SMILES string of the molecule is CCCOc1ccc(/C(O)=C2\C(=O)C(=O)N(CCCn3ccnc3)[C@@H]2c2ccccc2OC)cc1. The number of aryl methyl sites for hydroxylation is 1. The molecule has 2 aromatic carbocycles. The number of ketones is 1. The van der Waals surface area contributed by atoms with Gasteiger partial charge in [-0.15, -0.1) is 0 Å². The van der Waals surface area contributed by atoms with Crippen LogP contribution in [0, 0.1) is 0 Å². The number of imidazole rings is 1. The predicted octanol–water partition coefficient (Wildman–Crippen LogP) is 4.19. The fraction of sp³-hybridized carbons (Fsp3) is 0.296. The van der Waals surface area contributed by atoms with Crippen LogP contribution in [0.5, 0.6) is 11.5 Å².